The second-order valence-electron chi connectivity index (χ2n) is 8.16. The molecule has 0 saturated heterocycles. The maximum absolute atomic E-state index is 14.4. The van der Waals surface area contributed by atoms with Gasteiger partial charge < -0.3 is 19.3 Å². The van der Waals surface area contributed by atoms with Gasteiger partial charge in [-0.05, 0) is 60.1 Å². The van der Waals surface area contributed by atoms with E-state index in [1.165, 1.54) is 0 Å². The zero-order chi connectivity index (χ0) is 28.4. The minimum atomic E-state index is -6.04. The van der Waals surface area contributed by atoms with Crippen molar-refractivity contribution in [3.63, 3.8) is 0 Å². The Kier molecular flexibility index (Phi) is 13.1. The molecule has 0 radical (unpaired) electrons. The molecule has 0 bridgehead atoms. The van der Waals surface area contributed by atoms with Gasteiger partial charge in [-0.1, -0.05) is 24.3 Å². The molecule has 2 aromatic rings. The molecule has 0 aliphatic carbocycles. The summed E-state index contributed by atoms with van der Waals surface area (Å²) in [5, 5.41) is 19.9. The molecule has 208 valence electrons. The summed E-state index contributed by atoms with van der Waals surface area (Å²) < 4.78 is 151. The van der Waals surface area contributed by atoms with E-state index in [0.29, 0.717) is 36.4 Å². The molecule has 0 aliphatic heterocycles. The van der Waals surface area contributed by atoms with Crippen molar-refractivity contribution in [2.75, 3.05) is 11.5 Å². The molecule has 0 atom stereocenters. The van der Waals surface area contributed by atoms with Crippen molar-refractivity contribution in [1.29, 1.82) is 0 Å². The normalized spacial score (nSPS) is 12.9. The summed E-state index contributed by atoms with van der Waals surface area (Å²) in [6.45, 7) is 0. The van der Waals surface area contributed by atoms with Gasteiger partial charge in [-0.15, -0.1) is 0 Å². The third-order valence-electron chi connectivity index (χ3n) is 5.56. The fraction of sp³-hybridized carbons (Fsp3) is 0.429. The molecule has 0 spiro atoms. The van der Waals surface area contributed by atoms with Gasteiger partial charge in [-0.3, -0.25) is 0 Å². The molecule has 2 N–H and O–H groups in total. The van der Waals surface area contributed by atoms with Crippen molar-refractivity contribution in [2.45, 2.75) is 43.5 Å². The maximum Gasteiger partial charge on any atom is 1.00 e. The van der Waals surface area contributed by atoms with Crippen LogP contribution in [-0.2, 0) is 38.5 Å². The topological polar surface area (TPSA) is 155 Å². The Morgan fingerprint density at radius 2 is 0.949 bits per heavy atom. The summed E-state index contributed by atoms with van der Waals surface area (Å²) in [7, 11) is -9.47. The first-order valence-corrected chi connectivity index (χ1v) is 13.5. The molecule has 8 nitrogen and oxygen atoms in total. The van der Waals surface area contributed by atoms with Gasteiger partial charge in [0, 0.05) is 11.5 Å². The van der Waals surface area contributed by atoms with Crippen molar-refractivity contribution >= 4 is 20.2 Å². The van der Waals surface area contributed by atoms with Crippen molar-refractivity contribution in [2.24, 2.45) is 0 Å². The van der Waals surface area contributed by atoms with E-state index in [1.54, 1.807) is 0 Å². The summed E-state index contributed by atoms with van der Waals surface area (Å²) in [5.74, 6) is -3.40. The van der Waals surface area contributed by atoms with Crippen LogP contribution >= 0.6 is 0 Å². The van der Waals surface area contributed by atoms with Crippen LogP contribution in [0.1, 0.15) is 35.1 Å². The predicted octanol–water partition coefficient (Wildman–Crippen LogP) is -2.53. The molecule has 2 aromatic carbocycles. The van der Waals surface area contributed by atoms with Crippen LogP contribution in [0, 0.1) is 0 Å². The average Bonchev–Trinajstić information content (AvgIpc) is 2.68. The Balaban J connectivity index is 0.00000722. The zero-order valence-electron chi connectivity index (χ0n) is 20.6. The van der Waals surface area contributed by atoms with E-state index in [9.17, 15) is 62.5 Å². The minimum absolute atomic E-state index is 0. The molecule has 2 rings (SSSR count). The number of rotatable bonds is 10. The SMILES string of the molecule is O=S(=O)([O-])CCCc1cc(C(c2ccc(O)c(CCCS(=O)(=O)[O-])c2)(C(F)(F)F)C(F)(F)F)ccc1O.[Li+].[Li+]. The summed E-state index contributed by atoms with van der Waals surface area (Å²) in [6, 6.07) is 2.74. The molecular weight excluding hydrogens is 572 g/mol. The molecule has 0 amide bonds. The van der Waals surface area contributed by atoms with Crippen LogP contribution in [-0.4, -0.2) is 60.0 Å². The van der Waals surface area contributed by atoms with Crippen LogP contribution in [0.15, 0.2) is 36.4 Å². The van der Waals surface area contributed by atoms with Gasteiger partial charge in [0.1, 0.15) is 11.5 Å². The molecule has 0 aromatic heterocycles. The Bertz CT molecular complexity index is 1240. The van der Waals surface area contributed by atoms with Gasteiger partial charge in [0.15, 0.2) is 0 Å². The Morgan fingerprint density at radius 1 is 0.641 bits per heavy atom. The van der Waals surface area contributed by atoms with Crippen molar-refractivity contribution in [3.8, 4) is 11.5 Å². The number of aromatic hydroxyl groups is 2. The minimum Gasteiger partial charge on any atom is -0.748 e. The Morgan fingerprint density at radius 3 is 1.21 bits per heavy atom. The second kappa shape index (κ2) is 13.5. The summed E-state index contributed by atoms with van der Waals surface area (Å²) in [5.41, 5.74) is -8.41. The average molecular weight is 592 g/mol. The summed E-state index contributed by atoms with van der Waals surface area (Å²) in [6.07, 6.45) is -14.1. The van der Waals surface area contributed by atoms with E-state index in [2.05, 4.69) is 0 Å². The number of hydrogen-bond acceptors (Lipinski definition) is 8. The molecule has 0 fully saturated rings. The van der Waals surface area contributed by atoms with Gasteiger partial charge in [0.25, 0.3) is 0 Å². The van der Waals surface area contributed by atoms with Crippen molar-refractivity contribution in [3.05, 3.63) is 58.7 Å². The fourth-order valence-corrected chi connectivity index (χ4v) is 4.89. The number of phenolic OH excluding ortho intramolecular Hbond substituents is 2. The van der Waals surface area contributed by atoms with Gasteiger partial charge in [0.05, 0.1) is 20.2 Å². The van der Waals surface area contributed by atoms with Gasteiger partial charge in [-0.2, -0.15) is 26.3 Å². The summed E-state index contributed by atoms with van der Waals surface area (Å²) >= 11 is 0. The van der Waals surface area contributed by atoms with Crippen LogP contribution < -0.4 is 37.7 Å². The third-order valence-corrected chi connectivity index (χ3v) is 7.13. The van der Waals surface area contributed by atoms with Crippen molar-refractivity contribution < 1.29 is 100 Å². The number of hydrogen-bond donors (Lipinski definition) is 2. The van der Waals surface area contributed by atoms with E-state index in [0.717, 1.165) is 0 Å². The fourth-order valence-electron chi connectivity index (χ4n) is 3.90. The number of alkyl halides is 6. The standard InChI is InChI=1S/C21H22F6O8S2.2Li/c22-20(23,24)19(21(25,26)27,15-5-7-17(28)13(11-15)3-1-9-36(30,31)32)16-6-8-18(29)14(12-16)4-2-10-37(33,34)35;;/h5-8,11-12,28-29H,1-4,9-10H2,(H,30,31,32)(H,33,34,35);;/q;2*+1/p-2. The van der Waals surface area contributed by atoms with Crippen LogP contribution in [0.4, 0.5) is 26.3 Å². The monoisotopic (exact) mass is 592 g/mol. The molecule has 0 heterocycles. The number of aryl methyl sites for hydroxylation is 2. The molecule has 0 unspecified atom stereocenters. The van der Waals surface area contributed by atoms with Crippen LogP contribution in [0.3, 0.4) is 0 Å². The van der Waals surface area contributed by atoms with E-state index < -0.39 is 109 Å². The zero-order valence-corrected chi connectivity index (χ0v) is 22.3. The molecule has 18 heteroatoms. The van der Waals surface area contributed by atoms with Crippen LogP contribution in [0.2, 0.25) is 0 Å². The van der Waals surface area contributed by atoms with Gasteiger partial charge >= 0.3 is 50.1 Å². The van der Waals surface area contributed by atoms with E-state index in [4.69, 9.17) is 0 Å². The van der Waals surface area contributed by atoms with Crippen molar-refractivity contribution in [1.82, 2.24) is 0 Å². The molecular formula is C21H20F6Li2O8S2. The molecule has 39 heavy (non-hydrogen) atoms. The quantitative estimate of drug-likeness (QED) is 0.174. The van der Waals surface area contributed by atoms with E-state index in [1.807, 2.05) is 0 Å². The van der Waals surface area contributed by atoms with Gasteiger partial charge in [-0.25, -0.2) is 16.8 Å². The Labute approximate surface area is 244 Å². The maximum atomic E-state index is 14.4. The summed E-state index contributed by atoms with van der Waals surface area (Å²) in [4.78, 5) is 0. The van der Waals surface area contributed by atoms with E-state index >= 15 is 0 Å². The smallest absolute Gasteiger partial charge is 0.748 e. The number of phenols is 2. The number of benzene rings is 2. The molecule has 0 aliphatic rings. The van der Waals surface area contributed by atoms with Gasteiger partial charge in [0.2, 0.25) is 5.41 Å². The second-order valence-corrected chi connectivity index (χ2v) is 11.2. The third kappa shape index (κ3) is 9.33. The molecule has 0 saturated carbocycles. The first-order valence-electron chi connectivity index (χ1n) is 10.3. The predicted molar refractivity (Wildman–Crippen MR) is 115 cm³/mol. The first kappa shape index (κ1) is 37.6. The van der Waals surface area contributed by atoms with Crippen LogP contribution in [0.25, 0.3) is 0 Å². The Hall–Kier alpha value is -1.37. The first-order chi connectivity index (χ1) is 16.7. The largest absolute Gasteiger partial charge is 1.00 e. The number of halogens is 6. The van der Waals surface area contributed by atoms with E-state index in [-0.39, 0.29) is 37.7 Å². The van der Waals surface area contributed by atoms with Crippen LogP contribution in [0.5, 0.6) is 11.5 Å².